The first-order valence-corrected chi connectivity index (χ1v) is 15.7. The minimum atomic E-state index is -2.41. The fraction of sp³-hybridized carbons (Fsp3) is 1.00. The van der Waals surface area contributed by atoms with E-state index in [2.05, 4.69) is 25.9 Å². The number of hydrogen-bond acceptors (Lipinski definition) is 5. The Hall–Kier alpha value is 0.307. The summed E-state index contributed by atoms with van der Waals surface area (Å²) in [7, 11) is 8.11. The van der Waals surface area contributed by atoms with Crippen LogP contribution in [0, 0.1) is 5.92 Å². The molecule has 34 heavy (non-hydrogen) atoms. The molecule has 0 aromatic rings. The number of unbranched alkanes of at least 4 members (excludes halogenated alkanes) is 12. The number of aliphatic hydroxyl groups is 1. The van der Waals surface area contributed by atoms with Crippen molar-refractivity contribution in [3.05, 3.63) is 0 Å². The van der Waals surface area contributed by atoms with Gasteiger partial charge < -0.3 is 23.3 Å². The molecular formula is C27H62ClNO4Si. The van der Waals surface area contributed by atoms with Crippen molar-refractivity contribution in [2.45, 2.75) is 122 Å². The van der Waals surface area contributed by atoms with E-state index in [9.17, 15) is 0 Å². The quantitative estimate of drug-likeness (QED) is 0.103. The van der Waals surface area contributed by atoms with Crippen LogP contribution in [0.15, 0.2) is 0 Å². The SMILES string of the molecule is CCCCCCCCCCCCCCCC(CCC[Si](OC)(OC)OC)CCN(C)C.CO.Cl. The summed E-state index contributed by atoms with van der Waals surface area (Å²) >= 11 is 0. The third-order valence-electron chi connectivity index (χ3n) is 6.73. The maximum absolute atomic E-state index is 7.00. The van der Waals surface area contributed by atoms with Gasteiger partial charge in [0.2, 0.25) is 0 Å². The van der Waals surface area contributed by atoms with Gasteiger partial charge in [0, 0.05) is 34.5 Å². The van der Waals surface area contributed by atoms with Gasteiger partial charge in [0.25, 0.3) is 0 Å². The number of nitrogens with zero attached hydrogens (tertiary/aromatic N) is 1. The Morgan fingerprint density at radius 3 is 1.38 bits per heavy atom. The molecule has 210 valence electrons. The first kappa shape index (κ1) is 38.8. The highest BCUT2D eigenvalue weighted by Gasteiger charge is 2.37. The standard InChI is InChI=1S/C26H57NO3Si.CH4O.ClH/c1-7-8-9-10-11-12-13-14-15-16-17-18-19-21-26(23-24-27(2)3)22-20-25-31(28-4,29-5)30-6;1-2;/h26H,7-25H2,1-6H3;2H,1H3;1H. The van der Waals surface area contributed by atoms with Crippen LogP contribution in [0.2, 0.25) is 6.04 Å². The van der Waals surface area contributed by atoms with E-state index >= 15 is 0 Å². The Kier molecular flexibility index (Phi) is 33.7. The van der Waals surface area contributed by atoms with E-state index in [1.54, 1.807) is 21.3 Å². The molecular weight excluding hydrogens is 466 g/mol. The number of halogens is 1. The van der Waals surface area contributed by atoms with E-state index in [-0.39, 0.29) is 12.4 Å². The van der Waals surface area contributed by atoms with Crippen LogP contribution >= 0.6 is 12.4 Å². The van der Waals surface area contributed by atoms with E-state index in [4.69, 9.17) is 18.4 Å². The highest BCUT2D eigenvalue weighted by Crippen LogP contribution is 2.25. The lowest BCUT2D eigenvalue weighted by Crippen LogP contribution is -2.42. The van der Waals surface area contributed by atoms with Crippen molar-refractivity contribution in [1.29, 1.82) is 0 Å². The Labute approximate surface area is 221 Å². The highest BCUT2D eigenvalue weighted by molar-refractivity contribution is 6.60. The zero-order valence-corrected chi connectivity index (χ0v) is 25.9. The van der Waals surface area contributed by atoms with Gasteiger partial charge in [-0.2, -0.15) is 0 Å². The van der Waals surface area contributed by atoms with Crippen molar-refractivity contribution in [2.24, 2.45) is 5.92 Å². The van der Waals surface area contributed by atoms with Gasteiger partial charge in [0.1, 0.15) is 0 Å². The lowest BCUT2D eigenvalue weighted by atomic mass is 9.92. The maximum Gasteiger partial charge on any atom is 0.500 e. The van der Waals surface area contributed by atoms with Crippen LogP contribution in [0.1, 0.15) is 116 Å². The molecule has 0 bridgehead atoms. The molecule has 0 fully saturated rings. The summed E-state index contributed by atoms with van der Waals surface area (Å²) < 4.78 is 16.8. The van der Waals surface area contributed by atoms with Gasteiger partial charge in [0.05, 0.1) is 0 Å². The lowest BCUT2D eigenvalue weighted by Gasteiger charge is -2.25. The van der Waals surface area contributed by atoms with Crippen LogP contribution < -0.4 is 0 Å². The van der Waals surface area contributed by atoms with Gasteiger partial charge in [-0.15, -0.1) is 12.4 Å². The van der Waals surface area contributed by atoms with Crippen molar-refractivity contribution in [2.75, 3.05) is 49.1 Å². The molecule has 0 heterocycles. The van der Waals surface area contributed by atoms with Crippen molar-refractivity contribution in [3.8, 4) is 0 Å². The van der Waals surface area contributed by atoms with Crippen LogP contribution in [0.5, 0.6) is 0 Å². The van der Waals surface area contributed by atoms with Gasteiger partial charge >= 0.3 is 8.80 Å². The minimum Gasteiger partial charge on any atom is -0.400 e. The Bertz CT molecular complexity index is 366. The van der Waals surface area contributed by atoms with Gasteiger partial charge in [0.15, 0.2) is 0 Å². The second kappa shape index (κ2) is 29.5. The van der Waals surface area contributed by atoms with Gasteiger partial charge in [-0.25, -0.2) is 0 Å². The van der Waals surface area contributed by atoms with Crippen LogP contribution in [-0.4, -0.2) is 67.9 Å². The number of rotatable bonds is 24. The number of aliphatic hydroxyl groups excluding tert-OH is 1. The summed E-state index contributed by atoms with van der Waals surface area (Å²) in [6.45, 7) is 3.48. The van der Waals surface area contributed by atoms with E-state index in [0.29, 0.717) is 0 Å². The van der Waals surface area contributed by atoms with E-state index in [1.165, 1.54) is 109 Å². The smallest absolute Gasteiger partial charge is 0.400 e. The summed E-state index contributed by atoms with van der Waals surface area (Å²) in [5.41, 5.74) is 0. The molecule has 0 aliphatic rings. The Morgan fingerprint density at radius 2 is 1.00 bits per heavy atom. The first-order valence-electron chi connectivity index (χ1n) is 13.8. The Morgan fingerprint density at radius 1 is 0.618 bits per heavy atom. The van der Waals surface area contributed by atoms with Crippen molar-refractivity contribution >= 4 is 21.2 Å². The molecule has 0 aliphatic heterocycles. The van der Waals surface area contributed by atoms with Crippen LogP contribution in [0.4, 0.5) is 0 Å². The predicted molar refractivity (Wildman–Crippen MR) is 153 cm³/mol. The second-order valence-corrected chi connectivity index (χ2v) is 12.8. The van der Waals surface area contributed by atoms with E-state index < -0.39 is 8.80 Å². The minimum absolute atomic E-state index is 0. The molecule has 7 heteroatoms. The molecule has 1 atom stereocenters. The molecule has 0 aromatic carbocycles. The molecule has 0 aromatic heterocycles. The fourth-order valence-electron chi connectivity index (χ4n) is 4.49. The molecule has 1 unspecified atom stereocenters. The van der Waals surface area contributed by atoms with Crippen LogP contribution in [-0.2, 0) is 13.3 Å². The second-order valence-electron chi connectivity index (χ2n) is 9.68. The van der Waals surface area contributed by atoms with Gasteiger partial charge in [-0.3, -0.25) is 0 Å². The molecule has 5 nitrogen and oxygen atoms in total. The normalized spacial score (nSPS) is 12.3. The van der Waals surface area contributed by atoms with E-state index in [1.807, 2.05) is 0 Å². The van der Waals surface area contributed by atoms with Crippen molar-refractivity contribution in [1.82, 2.24) is 4.90 Å². The molecule has 1 N–H and O–H groups in total. The van der Waals surface area contributed by atoms with E-state index in [0.717, 1.165) is 25.5 Å². The molecule has 0 radical (unpaired) electrons. The summed E-state index contributed by atoms with van der Waals surface area (Å²) in [5.74, 6) is 0.812. The zero-order valence-electron chi connectivity index (χ0n) is 24.0. The maximum atomic E-state index is 7.00. The molecule has 0 amide bonds. The third kappa shape index (κ3) is 24.0. The highest BCUT2D eigenvalue weighted by atomic mass is 35.5. The average Bonchev–Trinajstić information content (AvgIpc) is 2.84. The zero-order chi connectivity index (χ0) is 25.2. The first-order chi connectivity index (χ1) is 16.0. The summed E-state index contributed by atoms with van der Waals surface area (Å²) in [4.78, 5) is 2.31. The summed E-state index contributed by atoms with van der Waals surface area (Å²) in [6, 6.07) is 0.924. The van der Waals surface area contributed by atoms with Crippen molar-refractivity contribution < 1.29 is 18.4 Å². The van der Waals surface area contributed by atoms with Crippen LogP contribution in [0.25, 0.3) is 0 Å². The monoisotopic (exact) mass is 527 g/mol. The molecule has 0 saturated carbocycles. The largest absolute Gasteiger partial charge is 0.500 e. The average molecular weight is 528 g/mol. The Balaban J connectivity index is -0.00000311. The summed E-state index contributed by atoms with van der Waals surface area (Å²) in [6.07, 6.45) is 23.6. The van der Waals surface area contributed by atoms with Gasteiger partial charge in [-0.1, -0.05) is 103 Å². The van der Waals surface area contributed by atoms with Crippen LogP contribution in [0.3, 0.4) is 0 Å². The fourth-order valence-corrected chi connectivity index (χ4v) is 6.24. The number of hydrogen-bond donors (Lipinski definition) is 1. The van der Waals surface area contributed by atoms with Gasteiger partial charge in [-0.05, 0) is 39.4 Å². The molecule has 0 spiro atoms. The molecule has 0 saturated heterocycles. The molecule has 0 aliphatic carbocycles. The summed E-state index contributed by atoms with van der Waals surface area (Å²) in [5, 5.41) is 7.00. The topological polar surface area (TPSA) is 51.2 Å². The third-order valence-corrected chi connectivity index (χ3v) is 9.56. The molecule has 0 rings (SSSR count). The van der Waals surface area contributed by atoms with Crippen molar-refractivity contribution in [3.63, 3.8) is 0 Å². The predicted octanol–water partition coefficient (Wildman–Crippen LogP) is 7.72. The lowest BCUT2D eigenvalue weighted by molar-refractivity contribution is 0.122.